The van der Waals surface area contributed by atoms with Crippen molar-refractivity contribution in [1.82, 2.24) is 10.3 Å². The van der Waals surface area contributed by atoms with Gasteiger partial charge in [0.05, 0.1) is 11.8 Å². The van der Waals surface area contributed by atoms with Gasteiger partial charge in [-0.25, -0.2) is 4.98 Å². The van der Waals surface area contributed by atoms with Gasteiger partial charge in [-0.15, -0.1) is 0 Å². The number of rotatable bonds is 6. The summed E-state index contributed by atoms with van der Waals surface area (Å²) in [6.45, 7) is 1.62. The molecule has 2 amide bonds. The maximum Gasteiger partial charge on any atom is 0.287 e. The second kappa shape index (κ2) is 7.96. The van der Waals surface area contributed by atoms with Crippen LogP contribution in [0.2, 0.25) is 0 Å². The number of para-hydroxylation sites is 1. The summed E-state index contributed by atoms with van der Waals surface area (Å²) in [4.78, 5) is 30.6. The topological polar surface area (TPSA) is 87.5 Å². The highest BCUT2D eigenvalue weighted by Gasteiger charge is 2.25. The highest BCUT2D eigenvalue weighted by Crippen LogP contribution is 2.28. The number of pyridine rings is 1. The third-order valence-corrected chi connectivity index (χ3v) is 4.60. The second-order valence-corrected chi connectivity index (χ2v) is 6.43. The third-order valence-electron chi connectivity index (χ3n) is 4.60. The summed E-state index contributed by atoms with van der Waals surface area (Å²) in [7, 11) is 0. The van der Waals surface area contributed by atoms with E-state index in [1.54, 1.807) is 35.4 Å². The number of carbonyl (C=O) groups excluding carboxylic acids is 2. The molecule has 1 aliphatic rings. The minimum absolute atomic E-state index is 0.0466. The van der Waals surface area contributed by atoms with Crippen LogP contribution in [0.15, 0.2) is 65.4 Å². The number of carbonyl (C=O) groups is 2. The van der Waals surface area contributed by atoms with Gasteiger partial charge >= 0.3 is 0 Å². The molecule has 7 nitrogen and oxygen atoms in total. The molecule has 4 rings (SSSR count). The molecule has 2 aromatic heterocycles. The number of aromatic nitrogens is 1. The van der Waals surface area contributed by atoms with Crippen LogP contribution in [0.25, 0.3) is 0 Å². The van der Waals surface area contributed by atoms with E-state index in [0.717, 1.165) is 12.1 Å². The van der Waals surface area contributed by atoms with Crippen molar-refractivity contribution in [2.75, 3.05) is 29.9 Å². The number of hydrogen-bond donors (Lipinski definition) is 2. The van der Waals surface area contributed by atoms with Crippen LogP contribution in [0, 0.1) is 0 Å². The standard InChI is InChI=1S/C21H20N4O3/c26-20(18-6-3-13-28-18)23-11-10-22-19-8-7-16(14-24-19)21(27)25-12-9-15-4-1-2-5-17(15)25/h1-8,13-14H,9-12H2,(H,22,24)(H,23,26). The first-order chi connectivity index (χ1) is 13.7. The van der Waals surface area contributed by atoms with E-state index in [1.807, 2.05) is 18.2 Å². The van der Waals surface area contributed by atoms with Crippen LogP contribution in [-0.2, 0) is 6.42 Å². The Hall–Kier alpha value is -3.61. The Morgan fingerprint density at radius 3 is 2.75 bits per heavy atom. The second-order valence-electron chi connectivity index (χ2n) is 6.43. The average Bonchev–Trinajstić information content (AvgIpc) is 3.41. The van der Waals surface area contributed by atoms with E-state index in [2.05, 4.69) is 21.7 Å². The molecule has 1 aliphatic heterocycles. The molecular formula is C21H20N4O3. The van der Waals surface area contributed by atoms with Crippen molar-refractivity contribution < 1.29 is 14.0 Å². The van der Waals surface area contributed by atoms with Crippen LogP contribution in [0.1, 0.15) is 26.5 Å². The van der Waals surface area contributed by atoms with Gasteiger partial charge in [0.1, 0.15) is 5.82 Å². The van der Waals surface area contributed by atoms with Crippen molar-refractivity contribution in [2.45, 2.75) is 6.42 Å². The average molecular weight is 376 g/mol. The molecule has 3 aromatic rings. The quantitative estimate of drug-likeness (QED) is 0.646. The van der Waals surface area contributed by atoms with Gasteiger partial charge < -0.3 is 20.0 Å². The fraction of sp³-hybridized carbons (Fsp3) is 0.190. The van der Waals surface area contributed by atoms with Crippen LogP contribution in [0.4, 0.5) is 11.5 Å². The maximum absolute atomic E-state index is 12.8. The minimum atomic E-state index is -0.258. The molecule has 0 saturated heterocycles. The van der Waals surface area contributed by atoms with Crippen LogP contribution < -0.4 is 15.5 Å². The fourth-order valence-electron chi connectivity index (χ4n) is 3.19. The number of hydrogen-bond acceptors (Lipinski definition) is 5. The lowest BCUT2D eigenvalue weighted by Gasteiger charge is -2.17. The van der Waals surface area contributed by atoms with Crippen molar-refractivity contribution in [3.8, 4) is 0 Å². The highest BCUT2D eigenvalue weighted by molar-refractivity contribution is 6.07. The van der Waals surface area contributed by atoms with Gasteiger partial charge in [0, 0.05) is 31.5 Å². The summed E-state index contributed by atoms with van der Waals surface area (Å²) in [5, 5.41) is 5.86. The first-order valence-electron chi connectivity index (χ1n) is 9.14. The molecule has 0 atom stereocenters. The van der Waals surface area contributed by atoms with E-state index in [9.17, 15) is 9.59 Å². The van der Waals surface area contributed by atoms with Crippen molar-refractivity contribution in [3.63, 3.8) is 0 Å². The van der Waals surface area contributed by atoms with Gasteiger partial charge in [-0.05, 0) is 42.3 Å². The van der Waals surface area contributed by atoms with Crippen molar-refractivity contribution in [3.05, 3.63) is 77.9 Å². The van der Waals surface area contributed by atoms with E-state index in [1.165, 1.54) is 11.8 Å². The lowest BCUT2D eigenvalue weighted by molar-refractivity contribution is 0.0926. The molecule has 7 heteroatoms. The number of fused-ring (bicyclic) bond motifs is 1. The Kier molecular flexibility index (Phi) is 5.05. The first kappa shape index (κ1) is 17.8. The molecule has 0 aliphatic carbocycles. The van der Waals surface area contributed by atoms with Crippen molar-refractivity contribution in [1.29, 1.82) is 0 Å². The molecule has 0 bridgehead atoms. The Labute approximate surface area is 162 Å². The fourth-order valence-corrected chi connectivity index (χ4v) is 3.19. The lowest BCUT2D eigenvalue weighted by atomic mass is 10.2. The summed E-state index contributed by atoms with van der Waals surface area (Å²) < 4.78 is 5.03. The van der Waals surface area contributed by atoms with Crippen molar-refractivity contribution in [2.24, 2.45) is 0 Å². The third kappa shape index (κ3) is 3.73. The maximum atomic E-state index is 12.8. The van der Waals surface area contributed by atoms with E-state index < -0.39 is 0 Å². The number of nitrogens with zero attached hydrogens (tertiary/aromatic N) is 2. The predicted octanol–water partition coefficient (Wildman–Crippen LogP) is 2.72. The Morgan fingerprint density at radius 1 is 1.07 bits per heavy atom. The number of benzene rings is 1. The Morgan fingerprint density at radius 2 is 1.96 bits per heavy atom. The summed E-state index contributed by atoms with van der Waals surface area (Å²) in [5.74, 6) is 0.622. The first-order valence-corrected chi connectivity index (χ1v) is 9.14. The van der Waals surface area contributed by atoms with Gasteiger partial charge in [0.15, 0.2) is 5.76 Å². The van der Waals surface area contributed by atoms with E-state index in [-0.39, 0.29) is 17.6 Å². The molecular weight excluding hydrogens is 356 g/mol. The number of amides is 2. The van der Waals surface area contributed by atoms with Gasteiger partial charge in [-0.1, -0.05) is 18.2 Å². The smallest absolute Gasteiger partial charge is 0.287 e. The van der Waals surface area contributed by atoms with Gasteiger partial charge in [-0.2, -0.15) is 0 Å². The van der Waals surface area contributed by atoms with Crippen LogP contribution >= 0.6 is 0 Å². The number of furan rings is 1. The zero-order valence-corrected chi connectivity index (χ0v) is 15.2. The molecule has 0 spiro atoms. The van der Waals surface area contributed by atoms with E-state index in [4.69, 9.17) is 4.42 Å². The molecule has 0 radical (unpaired) electrons. The molecule has 0 unspecified atom stereocenters. The summed E-state index contributed by atoms with van der Waals surface area (Å²) in [6.07, 6.45) is 3.91. The normalized spacial score (nSPS) is 12.5. The Balaban J connectivity index is 1.29. The minimum Gasteiger partial charge on any atom is -0.459 e. The molecule has 0 saturated carbocycles. The number of anilines is 2. The SMILES string of the molecule is O=C(NCCNc1ccc(C(=O)N2CCc3ccccc32)cn1)c1ccco1. The van der Waals surface area contributed by atoms with Crippen molar-refractivity contribution >= 4 is 23.3 Å². The number of nitrogens with one attached hydrogen (secondary N) is 2. The van der Waals surface area contributed by atoms with Crippen LogP contribution in [0.5, 0.6) is 0 Å². The van der Waals surface area contributed by atoms with Gasteiger partial charge in [-0.3, -0.25) is 9.59 Å². The van der Waals surface area contributed by atoms with Gasteiger partial charge in [0.25, 0.3) is 11.8 Å². The van der Waals surface area contributed by atoms with Gasteiger partial charge in [0.2, 0.25) is 0 Å². The Bertz CT molecular complexity index is 968. The predicted molar refractivity (Wildman–Crippen MR) is 106 cm³/mol. The molecule has 28 heavy (non-hydrogen) atoms. The largest absolute Gasteiger partial charge is 0.459 e. The lowest BCUT2D eigenvalue weighted by Crippen LogP contribution is -2.29. The summed E-state index contributed by atoms with van der Waals surface area (Å²) in [6, 6.07) is 14.8. The summed E-state index contributed by atoms with van der Waals surface area (Å²) in [5.41, 5.74) is 2.72. The summed E-state index contributed by atoms with van der Waals surface area (Å²) >= 11 is 0. The zero-order valence-electron chi connectivity index (χ0n) is 15.2. The molecule has 2 N–H and O–H groups in total. The van der Waals surface area contributed by atoms with Crippen LogP contribution in [-0.4, -0.2) is 36.4 Å². The van der Waals surface area contributed by atoms with Crippen LogP contribution in [0.3, 0.4) is 0 Å². The molecule has 0 fully saturated rings. The van der Waals surface area contributed by atoms with E-state index >= 15 is 0 Å². The monoisotopic (exact) mass is 376 g/mol. The highest BCUT2D eigenvalue weighted by atomic mass is 16.3. The van der Waals surface area contributed by atoms with E-state index in [0.29, 0.717) is 31.0 Å². The molecule has 1 aromatic carbocycles. The zero-order chi connectivity index (χ0) is 19.3. The molecule has 3 heterocycles. The molecule has 142 valence electrons.